The van der Waals surface area contributed by atoms with Gasteiger partial charge in [-0.3, -0.25) is 4.79 Å². The molecule has 2 aromatic carbocycles. The van der Waals surface area contributed by atoms with E-state index in [-0.39, 0.29) is 27.5 Å². The molecule has 1 aromatic heterocycles. The second-order valence-corrected chi connectivity index (χ2v) is 12.4. The van der Waals surface area contributed by atoms with Crippen LogP contribution in [-0.2, 0) is 25.9 Å². The van der Waals surface area contributed by atoms with E-state index < -0.39 is 65.2 Å². The lowest BCUT2D eigenvalue weighted by Crippen LogP contribution is -2.21. The molecule has 1 amide bonds. The average molecular weight is 576 g/mol. The molecule has 0 atom stereocenters. The number of carbonyl (C=O) groups is 1. The molecule has 1 N–H and O–H groups in total. The zero-order chi connectivity index (χ0) is 28.8. The molecule has 9 nitrogen and oxygen atoms in total. The highest BCUT2D eigenvalue weighted by atomic mass is 32.2. The first-order chi connectivity index (χ1) is 17.3. The predicted molar refractivity (Wildman–Crippen MR) is 128 cm³/mol. The van der Waals surface area contributed by atoms with Gasteiger partial charge in [-0.05, 0) is 56.2 Å². The third-order valence-corrected chi connectivity index (χ3v) is 7.60. The van der Waals surface area contributed by atoms with Crippen LogP contribution >= 0.6 is 0 Å². The maximum atomic E-state index is 14.8. The molecule has 3 rings (SSSR count). The molecule has 0 unspecified atom stereocenters. The van der Waals surface area contributed by atoms with Gasteiger partial charge in [0.2, 0.25) is 0 Å². The number of benzene rings is 2. The Bertz CT molecular complexity index is 1670. The number of nitrogens with one attached hydrogen (secondary N) is 1. The molecule has 0 bridgehead atoms. The van der Waals surface area contributed by atoms with Crippen molar-refractivity contribution in [3.63, 3.8) is 0 Å². The number of aryl methyl sites for hydroxylation is 1. The number of hydrogen-bond donors (Lipinski definition) is 1. The van der Waals surface area contributed by atoms with Crippen LogP contribution in [0.3, 0.4) is 0 Å². The Hall–Kier alpha value is -3.59. The van der Waals surface area contributed by atoms with Crippen molar-refractivity contribution in [2.24, 2.45) is 0 Å². The van der Waals surface area contributed by atoms with Crippen molar-refractivity contribution in [2.45, 2.75) is 36.7 Å². The van der Waals surface area contributed by atoms with Crippen LogP contribution in [-0.4, -0.2) is 45.5 Å². The largest absolute Gasteiger partial charge is 0.436 e. The van der Waals surface area contributed by atoms with Crippen LogP contribution in [0.4, 0.5) is 23.2 Å². The van der Waals surface area contributed by atoms with E-state index in [0.717, 1.165) is 31.6 Å². The molecule has 1 heterocycles. The lowest BCUT2D eigenvalue weighted by Gasteiger charge is -2.18. The lowest BCUT2D eigenvalue weighted by molar-refractivity contribution is -0.142. The van der Waals surface area contributed by atoms with Crippen molar-refractivity contribution in [1.82, 2.24) is 10.2 Å². The second-order valence-electron chi connectivity index (χ2n) is 8.44. The van der Waals surface area contributed by atoms with Gasteiger partial charge in [-0.15, -0.1) is 10.2 Å². The van der Waals surface area contributed by atoms with Gasteiger partial charge in [0.1, 0.15) is 22.0 Å². The van der Waals surface area contributed by atoms with Crippen molar-refractivity contribution < 1.29 is 43.9 Å². The zero-order valence-corrected chi connectivity index (χ0v) is 22.2. The topological polar surface area (TPSA) is 132 Å². The van der Waals surface area contributed by atoms with Crippen LogP contribution in [0.1, 0.15) is 32.7 Å². The molecule has 0 saturated carbocycles. The third kappa shape index (κ3) is 5.93. The molecular formula is C23H21F4N3O6S2. The Kier molecular flexibility index (Phi) is 7.58. The Morgan fingerprint density at radius 2 is 1.58 bits per heavy atom. The summed E-state index contributed by atoms with van der Waals surface area (Å²) in [6.45, 7) is 3.52. The van der Waals surface area contributed by atoms with Gasteiger partial charge in [0, 0.05) is 23.8 Å². The van der Waals surface area contributed by atoms with Gasteiger partial charge < -0.3 is 10.1 Å². The number of carbonyl (C=O) groups excluding carboxylic acids is 1. The molecule has 0 radical (unpaired) electrons. The van der Waals surface area contributed by atoms with Crippen molar-refractivity contribution >= 4 is 31.3 Å². The van der Waals surface area contributed by atoms with Crippen molar-refractivity contribution in [1.29, 1.82) is 0 Å². The summed E-state index contributed by atoms with van der Waals surface area (Å²) in [4.78, 5) is 12.4. The van der Waals surface area contributed by atoms with Crippen molar-refractivity contribution in [2.75, 3.05) is 17.8 Å². The number of alkyl halides is 3. The monoisotopic (exact) mass is 575 g/mol. The Morgan fingerprint density at radius 1 is 0.947 bits per heavy atom. The lowest BCUT2D eigenvalue weighted by atomic mass is 10.1. The minimum absolute atomic E-state index is 0.0513. The molecule has 0 aliphatic carbocycles. The van der Waals surface area contributed by atoms with E-state index in [1.807, 2.05) is 0 Å². The predicted octanol–water partition coefficient (Wildman–Crippen LogP) is 4.41. The number of ether oxygens (including phenoxy) is 1. The van der Waals surface area contributed by atoms with E-state index in [1.165, 1.54) is 32.0 Å². The highest BCUT2D eigenvalue weighted by molar-refractivity contribution is 7.91. The van der Waals surface area contributed by atoms with Crippen LogP contribution in [0.25, 0.3) is 0 Å². The van der Waals surface area contributed by atoms with Gasteiger partial charge in [0.25, 0.3) is 11.8 Å². The fourth-order valence-electron chi connectivity index (χ4n) is 3.53. The number of halogens is 4. The van der Waals surface area contributed by atoms with Crippen LogP contribution in [0.15, 0.2) is 40.1 Å². The summed E-state index contributed by atoms with van der Waals surface area (Å²) in [5.74, 6) is -3.29. The average Bonchev–Trinajstić information content (AvgIpc) is 2.77. The van der Waals surface area contributed by atoms with Gasteiger partial charge in [0.15, 0.2) is 25.4 Å². The van der Waals surface area contributed by atoms with Crippen LogP contribution < -0.4 is 10.1 Å². The molecule has 0 aliphatic rings. The number of amides is 1. The first-order valence-electron chi connectivity index (χ1n) is 10.6. The van der Waals surface area contributed by atoms with Crippen molar-refractivity contribution in [3.8, 4) is 11.6 Å². The molecule has 0 spiro atoms. The molecule has 0 saturated heterocycles. The molecule has 0 fully saturated rings. The Morgan fingerprint density at radius 3 is 2.13 bits per heavy atom. The molecule has 0 aliphatic heterocycles. The summed E-state index contributed by atoms with van der Waals surface area (Å²) in [6.07, 6.45) is -3.25. The molecule has 15 heteroatoms. The summed E-state index contributed by atoms with van der Waals surface area (Å²) in [6, 6.07) is 5.99. The van der Waals surface area contributed by atoms with Crippen LogP contribution in [0, 0.1) is 26.6 Å². The number of rotatable bonds is 6. The molecular weight excluding hydrogens is 554 g/mol. The maximum Gasteiger partial charge on any atom is 0.435 e. The minimum atomic E-state index is -4.99. The van der Waals surface area contributed by atoms with Gasteiger partial charge in [0.05, 0.1) is 4.90 Å². The third-order valence-electron chi connectivity index (χ3n) is 5.39. The first kappa shape index (κ1) is 29.0. The van der Waals surface area contributed by atoms with E-state index in [9.17, 15) is 39.2 Å². The minimum Gasteiger partial charge on any atom is -0.436 e. The maximum absolute atomic E-state index is 14.8. The van der Waals surface area contributed by atoms with Crippen LogP contribution in [0.5, 0.6) is 11.6 Å². The fraction of sp³-hybridized carbons (Fsp3) is 0.261. The molecule has 3 aromatic rings. The highest BCUT2D eigenvalue weighted by Gasteiger charge is 2.38. The van der Waals surface area contributed by atoms with E-state index in [0.29, 0.717) is 0 Å². The Labute approximate surface area is 215 Å². The zero-order valence-electron chi connectivity index (χ0n) is 20.6. The fourth-order valence-corrected chi connectivity index (χ4v) is 5.07. The van der Waals surface area contributed by atoms with Gasteiger partial charge >= 0.3 is 6.18 Å². The summed E-state index contributed by atoms with van der Waals surface area (Å²) in [7, 11) is -7.62. The second kappa shape index (κ2) is 9.94. The summed E-state index contributed by atoms with van der Waals surface area (Å²) >= 11 is 0. The number of sulfone groups is 2. The van der Waals surface area contributed by atoms with Crippen molar-refractivity contribution in [3.05, 3.63) is 64.1 Å². The Balaban J connectivity index is 2.17. The highest BCUT2D eigenvalue weighted by Crippen LogP contribution is 2.38. The standard InChI is InChI=1S/C23H21F4N3O6S2/c1-11-9-16(38(5,34)35)18(24)13(3)19(11)36-22-17(12(2)20(29-30-22)23(25,26)27)21(31)28-14-7-6-8-15(10-14)37(4,32)33/h6-10H,1-5H3,(H,28,31). The molecule has 38 heavy (non-hydrogen) atoms. The summed E-state index contributed by atoms with van der Waals surface area (Å²) in [5.41, 5.74) is -3.10. The van der Waals surface area contributed by atoms with E-state index in [4.69, 9.17) is 4.74 Å². The van der Waals surface area contributed by atoms with Gasteiger partial charge in [-0.25, -0.2) is 21.2 Å². The normalized spacial score (nSPS) is 12.3. The summed E-state index contributed by atoms with van der Waals surface area (Å²) in [5, 5.41) is 8.86. The quantitative estimate of drug-likeness (QED) is 0.428. The van der Waals surface area contributed by atoms with Crippen LogP contribution in [0.2, 0.25) is 0 Å². The van der Waals surface area contributed by atoms with E-state index in [1.54, 1.807) is 0 Å². The number of hydrogen-bond acceptors (Lipinski definition) is 8. The van der Waals surface area contributed by atoms with Gasteiger partial charge in [-0.1, -0.05) is 6.07 Å². The summed E-state index contributed by atoms with van der Waals surface area (Å²) < 4.78 is 109. The molecule has 204 valence electrons. The number of aromatic nitrogens is 2. The van der Waals surface area contributed by atoms with E-state index >= 15 is 0 Å². The smallest absolute Gasteiger partial charge is 0.435 e. The number of anilines is 1. The first-order valence-corrected chi connectivity index (χ1v) is 14.3. The van der Waals surface area contributed by atoms with Gasteiger partial charge in [-0.2, -0.15) is 13.2 Å². The SMILES string of the molecule is Cc1cc(S(C)(=O)=O)c(F)c(C)c1Oc1nnc(C(F)(F)F)c(C)c1C(=O)Nc1cccc(S(C)(=O)=O)c1. The van der Waals surface area contributed by atoms with E-state index in [2.05, 4.69) is 15.5 Å². The number of nitrogens with zero attached hydrogens (tertiary/aromatic N) is 2.